The van der Waals surface area contributed by atoms with Crippen LogP contribution in [0.2, 0.25) is 0 Å². The Morgan fingerprint density at radius 1 is 1.38 bits per heavy atom. The van der Waals surface area contributed by atoms with Gasteiger partial charge in [0.2, 0.25) is 0 Å². The van der Waals surface area contributed by atoms with E-state index in [-0.39, 0.29) is 23.6 Å². The van der Waals surface area contributed by atoms with Crippen LogP contribution in [0.1, 0.15) is 23.0 Å². The second-order valence-electron chi connectivity index (χ2n) is 3.93. The van der Waals surface area contributed by atoms with E-state index < -0.39 is 17.7 Å². The molecule has 1 heterocycles. The Morgan fingerprint density at radius 2 is 2.10 bits per heavy atom. The van der Waals surface area contributed by atoms with Crippen LogP contribution in [0.4, 0.5) is 13.2 Å². The van der Waals surface area contributed by atoms with Gasteiger partial charge in [0.05, 0.1) is 12.2 Å². The van der Waals surface area contributed by atoms with Crippen LogP contribution in [0.25, 0.3) is 11.3 Å². The Bertz CT molecular complexity index is 670. The van der Waals surface area contributed by atoms with Crippen molar-refractivity contribution in [2.45, 2.75) is 13.1 Å². The van der Waals surface area contributed by atoms with E-state index in [4.69, 9.17) is 4.74 Å². The molecule has 2 aromatic rings. The predicted molar refractivity (Wildman–Crippen MR) is 75.5 cm³/mol. The van der Waals surface area contributed by atoms with Crippen molar-refractivity contribution in [1.29, 1.82) is 0 Å². The maximum atomic E-state index is 12.8. The average Bonchev–Trinajstić information content (AvgIpc) is 2.87. The van der Waals surface area contributed by atoms with Gasteiger partial charge in [-0.15, -0.1) is 5.10 Å². The fourth-order valence-corrected chi connectivity index (χ4v) is 2.23. The summed E-state index contributed by atoms with van der Waals surface area (Å²) in [4.78, 5) is 11.7. The van der Waals surface area contributed by atoms with Crippen LogP contribution < -0.4 is 0 Å². The normalized spacial score (nSPS) is 11.5. The van der Waals surface area contributed by atoms with Gasteiger partial charge < -0.3 is 4.74 Å². The molecule has 112 valence electrons. The van der Waals surface area contributed by atoms with Gasteiger partial charge in [0, 0.05) is 9.13 Å². The molecule has 0 aliphatic rings. The first-order chi connectivity index (χ1) is 9.84. The number of aromatic amines is 1. The number of benzene rings is 1. The van der Waals surface area contributed by atoms with E-state index in [9.17, 15) is 18.0 Å². The fourth-order valence-electron chi connectivity index (χ4n) is 1.64. The van der Waals surface area contributed by atoms with Gasteiger partial charge in [0.25, 0.3) is 0 Å². The number of carbonyl (C=O) groups is 1. The Labute approximate surface area is 131 Å². The molecular weight excluding hydrogens is 402 g/mol. The molecule has 0 spiro atoms. The number of aromatic nitrogens is 3. The number of nitrogens with zero attached hydrogens (tertiary/aromatic N) is 2. The highest BCUT2D eigenvalue weighted by atomic mass is 127. The van der Waals surface area contributed by atoms with Crippen molar-refractivity contribution in [2.24, 2.45) is 0 Å². The molecule has 0 atom stereocenters. The van der Waals surface area contributed by atoms with Crippen molar-refractivity contribution in [3.05, 3.63) is 33.0 Å². The molecule has 1 aromatic heterocycles. The van der Waals surface area contributed by atoms with Crippen LogP contribution in [-0.4, -0.2) is 28.0 Å². The molecular formula is C12H9F3IN3O2. The highest BCUT2D eigenvalue weighted by Gasteiger charge is 2.32. The molecule has 0 unspecified atom stereocenters. The summed E-state index contributed by atoms with van der Waals surface area (Å²) in [5.41, 5.74) is -0.768. The van der Waals surface area contributed by atoms with E-state index in [1.54, 1.807) is 6.92 Å². The highest BCUT2D eigenvalue weighted by molar-refractivity contribution is 14.1. The molecule has 0 saturated carbocycles. The second-order valence-corrected chi connectivity index (χ2v) is 5.10. The van der Waals surface area contributed by atoms with Crippen molar-refractivity contribution in [3.8, 4) is 11.3 Å². The van der Waals surface area contributed by atoms with Gasteiger partial charge in [-0.25, -0.2) is 4.79 Å². The number of hydrogen-bond donors (Lipinski definition) is 1. The van der Waals surface area contributed by atoms with Gasteiger partial charge in [0.15, 0.2) is 5.69 Å². The van der Waals surface area contributed by atoms with Crippen LogP contribution in [0.3, 0.4) is 0 Å². The largest absolute Gasteiger partial charge is 0.461 e. The van der Waals surface area contributed by atoms with Crippen molar-refractivity contribution >= 4 is 28.6 Å². The molecule has 0 aliphatic heterocycles. The topological polar surface area (TPSA) is 67.9 Å². The SMILES string of the molecule is CCOC(=O)c1n[nH]nc1-c1cc(C(F)(F)F)ccc1I. The minimum absolute atomic E-state index is 0.0314. The first-order valence-electron chi connectivity index (χ1n) is 5.79. The number of rotatable bonds is 3. The average molecular weight is 411 g/mol. The summed E-state index contributed by atoms with van der Waals surface area (Å²) in [5, 5.41) is 9.65. The van der Waals surface area contributed by atoms with E-state index >= 15 is 0 Å². The zero-order valence-electron chi connectivity index (χ0n) is 10.7. The Hall–Kier alpha value is -1.65. The molecule has 5 nitrogen and oxygen atoms in total. The van der Waals surface area contributed by atoms with Crippen LogP contribution in [0, 0.1) is 3.57 Å². The zero-order chi connectivity index (χ0) is 15.6. The molecule has 0 amide bonds. The lowest BCUT2D eigenvalue weighted by atomic mass is 10.1. The van der Waals surface area contributed by atoms with Gasteiger partial charge in [-0.3, -0.25) is 0 Å². The lowest BCUT2D eigenvalue weighted by molar-refractivity contribution is -0.137. The number of hydrogen-bond acceptors (Lipinski definition) is 4. The highest BCUT2D eigenvalue weighted by Crippen LogP contribution is 2.34. The number of halogens is 4. The monoisotopic (exact) mass is 411 g/mol. The van der Waals surface area contributed by atoms with Gasteiger partial charge >= 0.3 is 12.1 Å². The predicted octanol–water partition coefficient (Wildman–Crippen LogP) is 3.27. The molecule has 2 rings (SSSR count). The first-order valence-corrected chi connectivity index (χ1v) is 6.87. The van der Waals surface area contributed by atoms with E-state index in [1.807, 2.05) is 22.6 Å². The van der Waals surface area contributed by atoms with Crippen LogP contribution in [0.5, 0.6) is 0 Å². The minimum Gasteiger partial charge on any atom is -0.461 e. The summed E-state index contributed by atoms with van der Waals surface area (Å²) in [6.07, 6.45) is -4.48. The van der Waals surface area contributed by atoms with Crippen molar-refractivity contribution in [3.63, 3.8) is 0 Å². The van der Waals surface area contributed by atoms with Crippen molar-refractivity contribution in [1.82, 2.24) is 15.4 Å². The van der Waals surface area contributed by atoms with Crippen LogP contribution in [0.15, 0.2) is 18.2 Å². The lowest BCUT2D eigenvalue weighted by Crippen LogP contribution is -2.08. The van der Waals surface area contributed by atoms with Gasteiger partial charge in [0.1, 0.15) is 5.69 Å². The van der Waals surface area contributed by atoms with Gasteiger partial charge in [-0.05, 0) is 47.7 Å². The number of nitrogens with one attached hydrogen (secondary N) is 1. The third kappa shape index (κ3) is 3.34. The summed E-state index contributed by atoms with van der Waals surface area (Å²) in [6.45, 7) is 1.75. The number of esters is 1. The maximum Gasteiger partial charge on any atom is 0.416 e. The van der Waals surface area contributed by atoms with E-state index in [1.165, 1.54) is 6.07 Å². The summed E-state index contributed by atoms with van der Waals surface area (Å²) in [5.74, 6) is -0.741. The Kier molecular flexibility index (Phi) is 4.49. The van der Waals surface area contributed by atoms with Gasteiger partial charge in [-0.2, -0.15) is 23.5 Å². The Balaban J connectivity index is 2.52. The molecule has 9 heteroatoms. The first kappa shape index (κ1) is 15.7. The molecule has 1 aromatic carbocycles. The number of alkyl halides is 3. The summed E-state index contributed by atoms with van der Waals surface area (Å²) in [6, 6.07) is 3.21. The smallest absolute Gasteiger partial charge is 0.416 e. The number of carbonyl (C=O) groups excluding carboxylic acids is 1. The van der Waals surface area contributed by atoms with E-state index in [0.717, 1.165) is 12.1 Å². The molecule has 21 heavy (non-hydrogen) atoms. The van der Waals surface area contributed by atoms with Crippen LogP contribution in [-0.2, 0) is 10.9 Å². The molecule has 0 fully saturated rings. The molecule has 0 bridgehead atoms. The zero-order valence-corrected chi connectivity index (χ0v) is 12.8. The second kappa shape index (κ2) is 6.00. The Morgan fingerprint density at radius 3 is 2.71 bits per heavy atom. The third-order valence-electron chi connectivity index (χ3n) is 2.57. The van der Waals surface area contributed by atoms with Gasteiger partial charge in [-0.1, -0.05) is 0 Å². The minimum atomic E-state index is -4.48. The summed E-state index contributed by atoms with van der Waals surface area (Å²) >= 11 is 1.87. The molecule has 1 N–H and O–H groups in total. The van der Waals surface area contributed by atoms with Crippen molar-refractivity contribution in [2.75, 3.05) is 6.61 Å². The molecule has 0 radical (unpaired) electrons. The third-order valence-corrected chi connectivity index (χ3v) is 3.51. The van der Waals surface area contributed by atoms with Crippen LogP contribution >= 0.6 is 22.6 Å². The quantitative estimate of drug-likeness (QED) is 0.622. The summed E-state index contributed by atoms with van der Waals surface area (Å²) in [7, 11) is 0. The van der Waals surface area contributed by atoms with E-state index in [0.29, 0.717) is 3.57 Å². The molecule has 0 aliphatic carbocycles. The standard InChI is InChI=1S/C12H9F3IN3O2/c1-2-21-11(20)10-9(17-19-18-10)7-5-6(12(13,14)15)3-4-8(7)16/h3-5H,2H2,1H3,(H,17,18,19). The number of H-pyrrole nitrogens is 1. The fraction of sp³-hybridized carbons (Fsp3) is 0.250. The maximum absolute atomic E-state index is 12.8. The lowest BCUT2D eigenvalue weighted by Gasteiger charge is -2.09. The van der Waals surface area contributed by atoms with E-state index in [2.05, 4.69) is 15.4 Å². The molecule has 0 saturated heterocycles. The summed E-state index contributed by atoms with van der Waals surface area (Å²) < 4.78 is 43.7. The number of ether oxygens (including phenoxy) is 1. The van der Waals surface area contributed by atoms with Crippen molar-refractivity contribution < 1.29 is 22.7 Å².